The number of nitrogens with zero attached hydrogens (tertiary/aromatic N) is 1. The maximum absolute atomic E-state index is 8.51. The van der Waals surface area contributed by atoms with Gasteiger partial charge in [-0.25, -0.2) is 0 Å². The Balaban J connectivity index is 3.24. The van der Waals surface area contributed by atoms with E-state index in [9.17, 15) is 0 Å². The summed E-state index contributed by atoms with van der Waals surface area (Å²) in [5.74, 6) is 0.106. The van der Waals surface area contributed by atoms with E-state index in [4.69, 9.17) is 5.26 Å². The van der Waals surface area contributed by atoms with Gasteiger partial charge >= 0.3 is 0 Å². The van der Waals surface area contributed by atoms with Crippen molar-refractivity contribution in [3.63, 3.8) is 0 Å². The maximum Gasteiger partial charge on any atom is 0.0666 e. The number of nitriles is 1. The molecule has 1 atom stereocenters. The minimum atomic E-state index is 0.106. The van der Waals surface area contributed by atoms with Crippen LogP contribution in [0.25, 0.3) is 0 Å². The topological polar surface area (TPSA) is 47.9 Å². The summed E-state index contributed by atoms with van der Waals surface area (Å²) < 4.78 is 0. The molecule has 76 valence electrons. The average Bonchev–Trinajstić information content (AvgIpc) is 2.01. The van der Waals surface area contributed by atoms with Gasteiger partial charge in [-0.05, 0) is 27.7 Å². The zero-order valence-corrected chi connectivity index (χ0v) is 9.15. The van der Waals surface area contributed by atoms with Crippen LogP contribution in [-0.4, -0.2) is 25.2 Å². The van der Waals surface area contributed by atoms with E-state index in [-0.39, 0.29) is 11.5 Å². The Labute approximate surface area is 81.5 Å². The van der Waals surface area contributed by atoms with E-state index in [0.29, 0.717) is 0 Å². The SMILES string of the molecule is CC(C#N)CNCCNC(C)(C)C. The summed E-state index contributed by atoms with van der Waals surface area (Å²) in [7, 11) is 0. The van der Waals surface area contributed by atoms with Gasteiger partial charge in [0.1, 0.15) is 0 Å². The molecule has 0 aromatic carbocycles. The molecule has 0 rings (SSSR count). The molecule has 1 unspecified atom stereocenters. The normalized spacial score (nSPS) is 13.8. The highest BCUT2D eigenvalue weighted by Crippen LogP contribution is 1.96. The van der Waals surface area contributed by atoms with Crippen LogP contribution >= 0.6 is 0 Å². The molecule has 2 N–H and O–H groups in total. The van der Waals surface area contributed by atoms with E-state index < -0.39 is 0 Å². The molecule has 0 aromatic rings. The highest BCUT2D eigenvalue weighted by molar-refractivity contribution is 4.80. The van der Waals surface area contributed by atoms with Crippen molar-refractivity contribution < 1.29 is 0 Å². The predicted molar refractivity (Wildman–Crippen MR) is 55.4 cm³/mol. The Morgan fingerprint density at radius 3 is 2.38 bits per heavy atom. The van der Waals surface area contributed by atoms with E-state index in [1.54, 1.807) is 0 Å². The highest BCUT2D eigenvalue weighted by atomic mass is 15.0. The third-order valence-electron chi connectivity index (χ3n) is 1.63. The maximum atomic E-state index is 8.51. The molecular formula is C10H21N3. The van der Waals surface area contributed by atoms with Gasteiger partial charge in [0.2, 0.25) is 0 Å². The lowest BCUT2D eigenvalue weighted by atomic mass is 10.1. The summed E-state index contributed by atoms with van der Waals surface area (Å²) >= 11 is 0. The second-order valence-corrected chi connectivity index (χ2v) is 4.41. The van der Waals surface area contributed by atoms with Gasteiger partial charge in [-0.3, -0.25) is 0 Å². The molecule has 0 saturated carbocycles. The summed E-state index contributed by atoms with van der Waals surface area (Å²) in [4.78, 5) is 0. The van der Waals surface area contributed by atoms with E-state index in [1.165, 1.54) is 0 Å². The molecule has 0 spiro atoms. The summed E-state index contributed by atoms with van der Waals surface area (Å²) in [5, 5.41) is 15.1. The van der Waals surface area contributed by atoms with E-state index >= 15 is 0 Å². The number of hydrogen-bond donors (Lipinski definition) is 2. The van der Waals surface area contributed by atoms with Crippen LogP contribution in [0.2, 0.25) is 0 Å². The molecule has 0 bridgehead atoms. The van der Waals surface area contributed by atoms with Gasteiger partial charge in [-0.15, -0.1) is 0 Å². The Bertz CT molecular complexity index is 164. The number of hydrogen-bond acceptors (Lipinski definition) is 3. The first-order valence-electron chi connectivity index (χ1n) is 4.81. The number of rotatable bonds is 5. The molecule has 0 aliphatic heterocycles. The fourth-order valence-electron chi connectivity index (χ4n) is 0.890. The van der Waals surface area contributed by atoms with Crippen LogP contribution in [0.1, 0.15) is 27.7 Å². The standard InChI is InChI=1S/C10H21N3/c1-9(7-11)8-12-5-6-13-10(2,3)4/h9,12-13H,5-6,8H2,1-4H3. The Morgan fingerprint density at radius 1 is 1.31 bits per heavy atom. The summed E-state index contributed by atoms with van der Waals surface area (Å²) in [5.41, 5.74) is 0.183. The molecule has 3 nitrogen and oxygen atoms in total. The largest absolute Gasteiger partial charge is 0.314 e. The lowest BCUT2D eigenvalue weighted by Crippen LogP contribution is -2.40. The third-order valence-corrected chi connectivity index (χ3v) is 1.63. The Morgan fingerprint density at radius 2 is 1.92 bits per heavy atom. The van der Waals surface area contributed by atoms with Gasteiger partial charge in [-0.1, -0.05) is 0 Å². The van der Waals surface area contributed by atoms with Crippen molar-refractivity contribution in [3.05, 3.63) is 0 Å². The fourth-order valence-corrected chi connectivity index (χ4v) is 0.890. The molecule has 0 aliphatic rings. The first-order chi connectivity index (χ1) is 5.95. The molecule has 3 heteroatoms. The zero-order chi connectivity index (χ0) is 10.3. The van der Waals surface area contributed by atoms with Crippen molar-refractivity contribution >= 4 is 0 Å². The molecule has 0 saturated heterocycles. The van der Waals surface area contributed by atoms with E-state index in [2.05, 4.69) is 37.5 Å². The van der Waals surface area contributed by atoms with Crippen LogP contribution < -0.4 is 10.6 Å². The van der Waals surface area contributed by atoms with Crippen molar-refractivity contribution in [1.29, 1.82) is 5.26 Å². The minimum absolute atomic E-state index is 0.106. The monoisotopic (exact) mass is 183 g/mol. The minimum Gasteiger partial charge on any atom is -0.314 e. The quantitative estimate of drug-likeness (QED) is 0.628. The third kappa shape index (κ3) is 9.32. The summed E-state index contributed by atoms with van der Waals surface area (Å²) in [6, 6.07) is 2.19. The van der Waals surface area contributed by atoms with Crippen molar-refractivity contribution in [1.82, 2.24) is 10.6 Å². The van der Waals surface area contributed by atoms with Crippen LogP contribution in [0.5, 0.6) is 0 Å². The van der Waals surface area contributed by atoms with Gasteiger partial charge in [0.25, 0.3) is 0 Å². The first-order valence-corrected chi connectivity index (χ1v) is 4.81. The first kappa shape index (κ1) is 12.4. The lowest BCUT2D eigenvalue weighted by Gasteiger charge is -2.20. The van der Waals surface area contributed by atoms with Gasteiger partial charge < -0.3 is 10.6 Å². The fraction of sp³-hybridized carbons (Fsp3) is 0.900. The molecule has 0 amide bonds. The summed E-state index contributed by atoms with van der Waals surface area (Å²) in [6.45, 7) is 11.0. The van der Waals surface area contributed by atoms with Crippen molar-refractivity contribution in [2.75, 3.05) is 19.6 Å². The molecular weight excluding hydrogens is 162 g/mol. The molecule has 13 heavy (non-hydrogen) atoms. The van der Waals surface area contributed by atoms with E-state index in [1.807, 2.05) is 6.92 Å². The second-order valence-electron chi connectivity index (χ2n) is 4.41. The van der Waals surface area contributed by atoms with E-state index in [0.717, 1.165) is 19.6 Å². The molecule has 0 fully saturated rings. The zero-order valence-electron chi connectivity index (χ0n) is 9.15. The van der Waals surface area contributed by atoms with Gasteiger partial charge in [-0.2, -0.15) is 5.26 Å². The lowest BCUT2D eigenvalue weighted by molar-refractivity contribution is 0.419. The van der Waals surface area contributed by atoms with Gasteiger partial charge in [0, 0.05) is 25.2 Å². The number of nitrogens with one attached hydrogen (secondary N) is 2. The second kappa shape index (κ2) is 5.95. The van der Waals surface area contributed by atoms with Crippen LogP contribution in [0, 0.1) is 17.2 Å². The molecule has 0 aliphatic carbocycles. The van der Waals surface area contributed by atoms with Gasteiger partial charge in [0.05, 0.1) is 12.0 Å². The Kier molecular flexibility index (Phi) is 5.68. The highest BCUT2D eigenvalue weighted by Gasteiger charge is 2.06. The molecule has 0 radical (unpaired) electrons. The smallest absolute Gasteiger partial charge is 0.0666 e. The van der Waals surface area contributed by atoms with Crippen molar-refractivity contribution in [2.45, 2.75) is 33.2 Å². The predicted octanol–water partition coefficient (Wildman–Crippen LogP) is 1.12. The van der Waals surface area contributed by atoms with Crippen molar-refractivity contribution in [3.8, 4) is 6.07 Å². The van der Waals surface area contributed by atoms with Crippen LogP contribution in [0.15, 0.2) is 0 Å². The average molecular weight is 183 g/mol. The van der Waals surface area contributed by atoms with Crippen LogP contribution in [0.4, 0.5) is 0 Å². The van der Waals surface area contributed by atoms with Gasteiger partial charge in [0.15, 0.2) is 0 Å². The van der Waals surface area contributed by atoms with Crippen LogP contribution in [0.3, 0.4) is 0 Å². The molecule has 0 aromatic heterocycles. The molecule has 0 heterocycles. The van der Waals surface area contributed by atoms with Crippen LogP contribution in [-0.2, 0) is 0 Å². The summed E-state index contributed by atoms with van der Waals surface area (Å²) in [6.07, 6.45) is 0. The van der Waals surface area contributed by atoms with Crippen molar-refractivity contribution in [2.24, 2.45) is 5.92 Å². The Hall–Kier alpha value is -0.590.